The Morgan fingerprint density at radius 3 is 1.95 bits per heavy atom. The number of rotatable bonds is 5. The summed E-state index contributed by atoms with van der Waals surface area (Å²) < 4.78 is 0. The zero-order valence-electron chi connectivity index (χ0n) is 12.9. The molecule has 2 nitrogen and oxygen atoms in total. The van der Waals surface area contributed by atoms with Gasteiger partial charge >= 0.3 is 0 Å². The van der Waals surface area contributed by atoms with Crippen LogP contribution in [0.1, 0.15) is 13.8 Å². The average Bonchev–Trinajstić information content (AvgIpc) is 2.49. The molecule has 0 amide bonds. The molecule has 0 radical (unpaired) electrons. The molecule has 0 unspecified atom stereocenters. The van der Waals surface area contributed by atoms with Crippen molar-refractivity contribution in [1.82, 2.24) is 0 Å². The van der Waals surface area contributed by atoms with Crippen molar-refractivity contribution in [3.8, 4) is 11.1 Å². The van der Waals surface area contributed by atoms with Crippen molar-refractivity contribution in [2.45, 2.75) is 13.8 Å². The van der Waals surface area contributed by atoms with E-state index in [9.17, 15) is 0 Å². The van der Waals surface area contributed by atoms with Crippen LogP contribution in [0.3, 0.4) is 0 Å². The largest absolute Gasteiger partial charge is 0.378 e. The third-order valence-corrected chi connectivity index (χ3v) is 3.70. The molecule has 20 heavy (non-hydrogen) atoms. The Labute approximate surface area is 122 Å². The molecule has 0 saturated heterocycles. The van der Waals surface area contributed by atoms with E-state index in [1.54, 1.807) is 0 Å². The molecule has 2 heteroatoms. The maximum Gasteiger partial charge on any atom is 0.0445 e. The minimum absolute atomic E-state index is 1.03. The predicted octanol–water partition coefficient (Wildman–Crippen LogP) is 4.27. The number of hydrogen-bond acceptors (Lipinski definition) is 2. The Bertz CT molecular complexity index is 540. The molecule has 0 fully saturated rings. The second-order valence-electron chi connectivity index (χ2n) is 5.13. The molecule has 0 aliphatic heterocycles. The lowest BCUT2D eigenvalue weighted by Gasteiger charge is -2.24. The highest BCUT2D eigenvalue weighted by Crippen LogP contribution is 2.31. The molecule has 2 aromatic rings. The third-order valence-electron chi connectivity index (χ3n) is 3.70. The molecule has 0 spiro atoms. The summed E-state index contributed by atoms with van der Waals surface area (Å²) in [5.41, 5.74) is 5.13. The van der Waals surface area contributed by atoms with Crippen LogP contribution in [0.5, 0.6) is 0 Å². The topological polar surface area (TPSA) is 6.48 Å². The van der Waals surface area contributed by atoms with Crippen LogP contribution in [-0.2, 0) is 0 Å². The number of benzene rings is 2. The molecule has 0 aliphatic rings. The van der Waals surface area contributed by atoms with Gasteiger partial charge in [-0.25, -0.2) is 0 Å². The standard InChI is InChI=1S/C18H24N2/c1-5-20(6-2)18-10-8-7-9-17(18)15-11-13-16(14-12-15)19(3)4/h7-14H,5-6H2,1-4H3. The molecule has 0 atom stereocenters. The second kappa shape index (κ2) is 6.47. The van der Waals surface area contributed by atoms with Gasteiger partial charge < -0.3 is 9.80 Å². The first-order valence-corrected chi connectivity index (χ1v) is 7.29. The lowest BCUT2D eigenvalue weighted by Crippen LogP contribution is -2.22. The summed E-state index contributed by atoms with van der Waals surface area (Å²) >= 11 is 0. The van der Waals surface area contributed by atoms with Crippen LogP contribution >= 0.6 is 0 Å². The molecule has 0 aromatic heterocycles. The van der Waals surface area contributed by atoms with Gasteiger partial charge in [-0.05, 0) is 37.6 Å². The van der Waals surface area contributed by atoms with Gasteiger partial charge in [0, 0.05) is 44.1 Å². The lowest BCUT2D eigenvalue weighted by molar-refractivity contribution is 0.867. The highest BCUT2D eigenvalue weighted by molar-refractivity contribution is 5.79. The van der Waals surface area contributed by atoms with Crippen molar-refractivity contribution in [2.24, 2.45) is 0 Å². The van der Waals surface area contributed by atoms with Gasteiger partial charge in [-0.1, -0.05) is 30.3 Å². The molecular formula is C18H24N2. The van der Waals surface area contributed by atoms with Gasteiger partial charge in [0.15, 0.2) is 0 Å². The minimum Gasteiger partial charge on any atom is -0.378 e. The molecule has 0 heterocycles. The highest BCUT2D eigenvalue weighted by atomic mass is 15.1. The lowest BCUT2D eigenvalue weighted by atomic mass is 10.0. The first-order chi connectivity index (χ1) is 9.67. The van der Waals surface area contributed by atoms with Gasteiger partial charge in [-0.3, -0.25) is 0 Å². The van der Waals surface area contributed by atoms with Gasteiger partial charge in [0.25, 0.3) is 0 Å². The summed E-state index contributed by atoms with van der Waals surface area (Å²) in [7, 11) is 4.14. The van der Waals surface area contributed by atoms with Crippen molar-refractivity contribution in [2.75, 3.05) is 37.0 Å². The molecular weight excluding hydrogens is 244 g/mol. The Balaban J connectivity index is 2.42. The van der Waals surface area contributed by atoms with Gasteiger partial charge in [-0.15, -0.1) is 0 Å². The quantitative estimate of drug-likeness (QED) is 0.799. The van der Waals surface area contributed by atoms with Crippen molar-refractivity contribution in [3.63, 3.8) is 0 Å². The summed E-state index contributed by atoms with van der Waals surface area (Å²) in [5, 5.41) is 0. The van der Waals surface area contributed by atoms with E-state index >= 15 is 0 Å². The number of nitrogens with zero attached hydrogens (tertiary/aromatic N) is 2. The van der Waals surface area contributed by atoms with E-state index in [1.807, 2.05) is 0 Å². The zero-order chi connectivity index (χ0) is 14.5. The molecule has 0 bridgehead atoms. The Hall–Kier alpha value is -1.96. The average molecular weight is 268 g/mol. The van der Waals surface area contributed by atoms with Crippen LogP contribution in [0.2, 0.25) is 0 Å². The van der Waals surface area contributed by atoms with Crippen LogP contribution in [0.4, 0.5) is 11.4 Å². The van der Waals surface area contributed by atoms with E-state index in [4.69, 9.17) is 0 Å². The maximum absolute atomic E-state index is 2.40. The van der Waals surface area contributed by atoms with Gasteiger partial charge in [0.05, 0.1) is 0 Å². The van der Waals surface area contributed by atoms with Gasteiger partial charge in [0.2, 0.25) is 0 Å². The minimum atomic E-state index is 1.03. The Kier molecular flexibility index (Phi) is 4.67. The van der Waals surface area contributed by atoms with E-state index in [2.05, 4.69) is 86.3 Å². The highest BCUT2D eigenvalue weighted by Gasteiger charge is 2.09. The summed E-state index contributed by atoms with van der Waals surface area (Å²) in [5.74, 6) is 0. The SMILES string of the molecule is CCN(CC)c1ccccc1-c1ccc(N(C)C)cc1. The molecule has 2 aromatic carbocycles. The maximum atomic E-state index is 2.40. The van der Waals surface area contributed by atoms with Crippen LogP contribution in [0, 0.1) is 0 Å². The van der Waals surface area contributed by atoms with E-state index in [0.717, 1.165) is 13.1 Å². The fourth-order valence-corrected chi connectivity index (χ4v) is 2.50. The molecule has 106 valence electrons. The summed E-state index contributed by atoms with van der Waals surface area (Å²) in [4.78, 5) is 4.52. The summed E-state index contributed by atoms with van der Waals surface area (Å²) in [6.07, 6.45) is 0. The smallest absolute Gasteiger partial charge is 0.0445 e. The fraction of sp³-hybridized carbons (Fsp3) is 0.333. The summed E-state index contributed by atoms with van der Waals surface area (Å²) in [6.45, 7) is 6.47. The van der Waals surface area contributed by atoms with E-state index in [0.29, 0.717) is 0 Å². The van der Waals surface area contributed by atoms with Crippen molar-refractivity contribution < 1.29 is 0 Å². The van der Waals surface area contributed by atoms with E-state index in [1.165, 1.54) is 22.5 Å². The van der Waals surface area contributed by atoms with Crippen molar-refractivity contribution in [1.29, 1.82) is 0 Å². The molecule has 0 saturated carbocycles. The van der Waals surface area contributed by atoms with Crippen LogP contribution in [-0.4, -0.2) is 27.2 Å². The van der Waals surface area contributed by atoms with Crippen molar-refractivity contribution in [3.05, 3.63) is 48.5 Å². The van der Waals surface area contributed by atoms with E-state index < -0.39 is 0 Å². The second-order valence-corrected chi connectivity index (χ2v) is 5.13. The molecule has 2 rings (SSSR count). The van der Waals surface area contributed by atoms with Gasteiger partial charge in [-0.2, -0.15) is 0 Å². The first kappa shape index (κ1) is 14.4. The van der Waals surface area contributed by atoms with Crippen LogP contribution < -0.4 is 9.80 Å². The normalized spacial score (nSPS) is 10.4. The molecule has 0 N–H and O–H groups in total. The first-order valence-electron chi connectivity index (χ1n) is 7.29. The zero-order valence-corrected chi connectivity index (χ0v) is 12.9. The monoisotopic (exact) mass is 268 g/mol. The fourth-order valence-electron chi connectivity index (χ4n) is 2.50. The number of para-hydroxylation sites is 1. The van der Waals surface area contributed by atoms with Gasteiger partial charge in [0.1, 0.15) is 0 Å². The number of hydrogen-bond donors (Lipinski definition) is 0. The predicted molar refractivity (Wildman–Crippen MR) is 89.8 cm³/mol. The van der Waals surface area contributed by atoms with Crippen LogP contribution in [0.15, 0.2) is 48.5 Å². The summed E-state index contributed by atoms with van der Waals surface area (Å²) in [6, 6.07) is 17.4. The molecule has 0 aliphatic carbocycles. The Morgan fingerprint density at radius 1 is 0.800 bits per heavy atom. The third kappa shape index (κ3) is 2.96. The van der Waals surface area contributed by atoms with Crippen LogP contribution in [0.25, 0.3) is 11.1 Å². The Morgan fingerprint density at radius 2 is 1.40 bits per heavy atom. The van der Waals surface area contributed by atoms with E-state index in [-0.39, 0.29) is 0 Å². The van der Waals surface area contributed by atoms with Crippen molar-refractivity contribution >= 4 is 11.4 Å². The number of anilines is 2.